The van der Waals surface area contributed by atoms with Crippen molar-refractivity contribution in [3.8, 4) is 0 Å². The van der Waals surface area contributed by atoms with Gasteiger partial charge in [-0.1, -0.05) is 13.2 Å². The van der Waals surface area contributed by atoms with Gasteiger partial charge in [-0.15, -0.1) is 0 Å². The van der Waals surface area contributed by atoms with Crippen molar-refractivity contribution < 1.29 is 44.3 Å². The van der Waals surface area contributed by atoms with Gasteiger partial charge in [-0.3, -0.25) is 4.79 Å². The van der Waals surface area contributed by atoms with Crippen LogP contribution >= 0.6 is 0 Å². The molecule has 4 nitrogen and oxygen atoms in total. The second-order valence-electron chi connectivity index (χ2n) is 1.67. The summed E-state index contributed by atoms with van der Waals surface area (Å²) in [5, 5.41) is 9.14. The van der Waals surface area contributed by atoms with Crippen LogP contribution in [0.3, 0.4) is 0 Å². The van der Waals surface area contributed by atoms with Crippen molar-refractivity contribution in [2.75, 3.05) is 0 Å². The van der Waals surface area contributed by atoms with Crippen LogP contribution in [0.5, 0.6) is 0 Å². The molecule has 12 heavy (non-hydrogen) atoms. The first-order chi connectivity index (χ1) is 4.91. The fraction of sp³-hybridized carbons (Fsp3) is 0.143. The molecule has 0 aliphatic carbocycles. The van der Waals surface area contributed by atoms with E-state index in [-0.39, 0.29) is 29.6 Å². The third-order valence-corrected chi connectivity index (χ3v) is 0.587. The van der Waals surface area contributed by atoms with Crippen LogP contribution in [0.1, 0.15) is 6.92 Å². The summed E-state index contributed by atoms with van der Waals surface area (Å²) in [7, 11) is 0. The molecule has 0 fully saturated rings. The fourth-order valence-electron chi connectivity index (χ4n) is 0. The number of primary amides is 1. The molecule has 0 aromatic carbocycles. The molecule has 62 valence electrons. The molecule has 0 aromatic heterocycles. The van der Waals surface area contributed by atoms with Gasteiger partial charge >= 0.3 is 29.6 Å². The minimum Gasteiger partial charge on any atom is -0.545 e. The molecule has 0 atom stereocenters. The molecule has 5 heteroatoms. The van der Waals surface area contributed by atoms with E-state index in [2.05, 4.69) is 13.2 Å². The molecular formula is C7H10NNaO3. The maximum absolute atomic E-state index is 9.82. The van der Waals surface area contributed by atoms with Gasteiger partial charge in [0.05, 0.1) is 5.97 Å². The van der Waals surface area contributed by atoms with E-state index >= 15 is 0 Å². The van der Waals surface area contributed by atoms with Crippen molar-refractivity contribution in [1.29, 1.82) is 0 Å². The van der Waals surface area contributed by atoms with E-state index in [1.807, 2.05) is 0 Å². The zero-order valence-electron chi connectivity index (χ0n) is 7.29. The van der Waals surface area contributed by atoms with Gasteiger partial charge in [-0.25, -0.2) is 0 Å². The maximum atomic E-state index is 9.82. The first-order valence-electron chi connectivity index (χ1n) is 2.70. The number of hydrogen-bond acceptors (Lipinski definition) is 3. The summed E-state index contributed by atoms with van der Waals surface area (Å²) in [6.45, 7) is 7.75. The van der Waals surface area contributed by atoms with Crippen molar-refractivity contribution in [2.24, 2.45) is 5.73 Å². The molecular weight excluding hydrogens is 169 g/mol. The quantitative estimate of drug-likeness (QED) is 0.346. The van der Waals surface area contributed by atoms with Crippen molar-refractivity contribution >= 4 is 11.9 Å². The Balaban J connectivity index is -0.000000126. The van der Waals surface area contributed by atoms with Crippen LogP contribution in [-0.4, -0.2) is 11.9 Å². The third-order valence-electron chi connectivity index (χ3n) is 0.587. The van der Waals surface area contributed by atoms with Crippen LogP contribution in [-0.2, 0) is 9.59 Å². The molecule has 0 heterocycles. The Bertz CT molecular complexity index is 177. The Morgan fingerprint density at radius 3 is 1.67 bits per heavy atom. The van der Waals surface area contributed by atoms with Gasteiger partial charge in [-0.05, 0) is 13.0 Å². The second kappa shape index (κ2) is 10.4. The van der Waals surface area contributed by atoms with E-state index in [9.17, 15) is 4.79 Å². The van der Waals surface area contributed by atoms with Gasteiger partial charge in [-0.2, -0.15) is 0 Å². The predicted octanol–water partition coefficient (Wildman–Crippen LogP) is -4.03. The van der Waals surface area contributed by atoms with E-state index in [1.165, 1.54) is 0 Å². The molecule has 0 aliphatic heterocycles. The predicted molar refractivity (Wildman–Crippen MR) is 39.2 cm³/mol. The number of carbonyl (C=O) groups is 2. The van der Waals surface area contributed by atoms with E-state index < -0.39 is 11.9 Å². The summed E-state index contributed by atoms with van der Waals surface area (Å²) in [6.07, 6.45) is 0.722. The van der Waals surface area contributed by atoms with Crippen LogP contribution in [0, 0.1) is 0 Å². The van der Waals surface area contributed by atoms with Crippen LogP contribution in [0.2, 0.25) is 0 Å². The molecule has 0 spiro atoms. The van der Waals surface area contributed by atoms with Crippen molar-refractivity contribution in [3.63, 3.8) is 0 Å². The van der Waals surface area contributed by atoms with Gasteiger partial charge in [0.15, 0.2) is 0 Å². The van der Waals surface area contributed by atoms with E-state index in [1.54, 1.807) is 6.92 Å². The van der Waals surface area contributed by atoms with Crippen LogP contribution in [0.4, 0.5) is 0 Å². The molecule has 0 bridgehead atoms. The van der Waals surface area contributed by atoms with E-state index in [4.69, 9.17) is 15.6 Å². The third kappa shape index (κ3) is 22.7. The number of nitrogens with two attached hydrogens (primary N) is 1. The summed E-state index contributed by atoms with van der Waals surface area (Å²) >= 11 is 0. The number of carbonyl (C=O) groups excluding carboxylic acids is 2. The molecule has 0 unspecified atom stereocenters. The first kappa shape index (κ1) is 17.5. The van der Waals surface area contributed by atoms with Crippen LogP contribution in [0.25, 0.3) is 0 Å². The molecule has 0 saturated carbocycles. The Hall–Kier alpha value is -0.580. The Kier molecular flexibility index (Phi) is 15.2. The molecule has 1 amide bonds. The standard InChI is InChI=1S/C4H7NO.C3H4O2.Na/c1-3(2)4(5)6;1-2-3(4)5;/h1H2,2H3,(H2,5,6);2H,1H2,(H,4,5);/q;;+1/p-1. The van der Waals surface area contributed by atoms with Crippen LogP contribution in [0.15, 0.2) is 24.8 Å². The number of carboxylic acids is 1. The summed E-state index contributed by atoms with van der Waals surface area (Å²) < 4.78 is 0. The van der Waals surface area contributed by atoms with Gasteiger partial charge in [0.25, 0.3) is 0 Å². The number of rotatable bonds is 2. The van der Waals surface area contributed by atoms with Crippen molar-refractivity contribution in [1.82, 2.24) is 0 Å². The monoisotopic (exact) mass is 179 g/mol. The average Bonchev–Trinajstić information content (AvgIpc) is 1.89. The van der Waals surface area contributed by atoms with Crippen molar-refractivity contribution in [3.05, 3.63) is 24.8 Å². The molecule has 0 aromatic rings. The minimum atomic E-state index is -1.23. The summed E-state index contributed by atoms with van der Waals surface area (Å²) in [4.78, 5) is 19.0. The number of carboxylic acid groups (broad SMARTS) is 1. The molecule has 0 aliphatic rings. The SMILES string of the molecule is C=C(C)C(N)=O.C=CC(=O)[O-].[Na+]. The zero-order valence-corrected chi connectivity index (χ0v) is 9.29. The van der Waals surface area contributed by atoms with Crippen molar-refractivity contribution in [2.45, 2.75) is 6.92 Å². The summed E-state index contributed by atoms with van der Waals surface area (Å²) in [5.74, 6) is -1.67. The topological polar surface area (TPSA) is 83.2 Å². The Labute approximate surface area is 93.4 Å². The number of aliphatic carboxylic acids is 1. The maximum Gasteiger partial charge on any atom is 1.00 e. The summed E-state index contributed by atoms with van der Waals surface area (Å²) in [6, 6.07) is 0. The summed E-state index contributed by atoms with van der Waals surface area (Å²) in [5.41, 5.74) is 5.09. The Morgan fingerprint density at radius 1 is 1.50 bits per heavy atom. The average molecular weight is 179 g/mol. The molecule has 0 rings (SSSR count). The molecule has 0 saturated heterocycles. The largest absolute Gasteiger partial charge is 1.00 e. The Morgan fingerprint density at radius 2 is 1.67 bits per heavy atom. The zero-order chi connectivity index (χ0) is 9.44. The van der Waals surface area contributed by atoms with Gasteiger partial charge < -0.3 is 15.6 Å². The van der Waals surface area contributed by atoms with Crippen LogP contribution < -0.4 is 40.4 Å². The first-order valence-corrected chi connectivity index (χ1v) is 2.70. The number of amides is 1. The fourth-order valence-corrected chi connectivity index (χ4v) is 0. The smallest absolute Gasteiger partial charge is 0.545 e. The number of hydrogen-bond donors (Lipinski definition) is 1. The molecule has 2 N–H and O–H groups in total. The second-order valence-corrected chi connectivity index (χ2v) is 1.67. The molecule has 0 radical (unpaired) electrons. The van der Waals surface area contributed by atoms with E-state index in [0.717, 1.165) is 6.08 Å². The van der Waals surface area contributed by atoms with Gasteiger partial charge in [0.2, 0.25) is 5.91 Å². The van der Waals surface area contributed by atoms with E-state index in [0.29, 0.717) is 5.57 Å². The minimum absolute atomic E-state index is 0. The normalized spacial score (nSPS) is 6.42. The van der Waals surface area contributed by atoms with Gasteiger partial charge in [0.1, 0.15) is 0 Å². The van der Waals surface area contributed by atoms with Gasteiger partial charge in [0, 0.05) is 5.57 Å².